The van der Waals surface area contributed by atoms with Crippen molar-refractivity contribution in [3.8, 4) is 0 Å². The quantitative estimate of drug-likeness (QED) is 0.463. The van der Waals surface area contributed by atoms with Crippen LogP contribution in [0.4, 0.5) is 0 Å². The average Bonchev–Trinajstić information content (AvgIpc) is 3.43. The minimum atomic E-state index is -0.210. The maximum Gasteiger partial charge on any atom is 0.258 e. The molecule has 2 fully saturated rings. The predicted octanol–water partition coefficient (Wildman–Crippen LogP) is -1.50. The number of nitrogens with zero attached hydrogens (tertiary/aromatic N) is 4. The first kappa shape index (κ1) is 20.3. The topological polar surface area (TPSA) is 94.6 Å². The van der Waals surface area contributed by atoms with E-state index in [1.54, 1.807) is 0 Å². The van der Waals surface area contributed by atoms with E-state index < -0.39 is 0 Å². The third-order valence-corrected chi connectivity index (χ3v) is 6.71. The standard InChI is InChI=1S/C22H29N7O2/c1-15-5-6-19-16(12-15)13-18(22(30)23-19)20(28-9-7-27(2)8-10-28)21-24-25-26-29(21)14-17-4-3-11-31-17/h5-6,12-13,17,20H,3-4,7-11,14H2,1-2H3,(H,23,30)/p+2/t17-,20-/m0/s1. The summed E-state index contributed by atoms with van der Waals surface area (Å²) < 4.78 is 7.69. The fourth-order valence-electron chi connectivity index (χ4n) is 4.92. The second kappa shape index (κ2) is 8.49. The highest BCUT2D eigenvalue weighted by atomic mass is 16.5. The normalized spacial score (nSPS) is 25.2. The number of H-pyrrole nitrogens is 1. The number of hydrogen-bond acceptors (Lipinski definition) is 5. The van der Waals surface area contributed by atoms with E-state index in [1.807, 2.05) is 22.9 Å². The number of likely N-dealkylation sites (N-methyl/N-ethyl adjacent to an activating group) is 1. The molecule has 3 aromatic rings. The second-order valence-electron chi connectivity index (χ2n) is 9.05. The molecule has 4 heterocycles. The van der Waals surface area contributed by atoms with Crippen LogP contribution in [0, 0.1) is 6.92 Å². The summed E-state index contributed by atoms with van der Waals surface area (Å²) in [5.41, 5.74) is 2.69. The SMILES string of the molecule is Cc1ccc2[nH]c(=O)c([C@@H](c3nnnn3C[C@@H]3CCCO3)[NH+]3CC[NH+](C)CC3)cc2c1. The molecule has 0 aliphatic carbocycles. The molecule has 0 bridgehead atoms. The van der Waals surface area contributed by atoms with Crippen LogP contribution in [0.3, 0.4) is 0 Å². The summed E-state index contributed by atoms with van der Waals surface area (Å²) in [5.74, 6) is 0.752. The van der Waals surface area contributed by atoms with Gasteiger partial charge in [-0.1, -0.05) is 11.6 Å². The summed E-state index contributed by atoms with van der Waals surface area (Å²) in [6, 6.07) is 7.93. The molecule has 0 saturated carbocycles. The van der Waals surface area contributed by atoms with Crippen molar-refractivity contribution in [1.82, 2.24) is 25.2 Å². The van der Waals surface area contributed by atoms with E-state index in [0.29, 0.717) is 6.54 Å². The lowest BCUT2D eigenvalue weighted by Crippen LogP contribution is -3.27. The fourth-order valence-corrected chi connectivity index (χ4v) is 4.92. The lowest BCUT2D eigenvalue weighted by molar-refractivity contribution is -1.02. The Bertz CT molecular complexity index is 1110. The minimum Gasteiger partial charge on any atom is -0.376 e. The van der Waals surface area contributed by atoms with Crippen LogP contribution >= 0.6 is 0 Å². The predicted molar refractivity (Wildman–Crippen MR) is 115 cm³/mol. The number of aryl methyl sites for hydroxylation is 1. The van der Waals surface area contributed by atoms with Crippen LogP contribution in [0.15, 0.2) is 29.1 Å². The van der Waals surface area contributed by atoms with E-state index in [-0.39, 0.29) is 17.7 Å². The molecule has 31 heavy (non-hydrogen) atoms. The van der Waals surface area contributed by atoms with Crippen LogP contribution in [0.25, 0.3) is 10.9 Å². The van der Waals surface area contributed by atoms with Crippen LogP contribution in [-0.4, -0.2) is 71.1 Å². The van der Waals surface area contributed by atoms with Gasteiger partial charge in [-0.15, -0.1) is 5.10 Å². The Hall–Kier alpha value is -2.62. The Morgan fingerprint density at radius 1 is 1.26 bits per heavy atom. The summed E-state index contributed by atoms with van der Waals surface area (Å²) >= 11 is 0. The molecule has 2 aliphatic heterocycles. The highest BCUT2D eigenvalue weighted by Crippen LogP contribution is 2.21. The molecule has 0 spiro atoms. The van der Waals surface area contributed by atoms with Gasteiger partial charge in [0.15, 0.2) is 6.04 Å². The van der Waals surface area contributed by atoms with Crippen LogP contribution < -0.4 is 15.4 Å². The Labute approximate surface area is 181 Å². The number of aromatic nitrogens is 5. The monoisotopic (exact) mass is 425 g/mol. The van der Waals surface area contributed by atoms with Gasteiger partial charge in [-0.2, -0.15) is 0 Å². The fraction of sp³-hybridized carbons (Fsp3) is 0.545. The van der Waals surface area contributed by atoms with E-state index in [0.717, 1.165) is 67.9 Å². The van der Waals surface area contributed by atoms with Crippen molar-refractivity contribution in [2.24, 2.45) is 0 Å². The van der Waals surface area contributed by atoms with E-state index in [2.05, 4.69) is 40.5 Å². The van der Waals surface area contributed by atoms with E-state index >= 15 is 0 Å². The number of piperazine rings is 1. The van der Waals surface area contributed by atoms with E-state index in [4.69, 9.17) is 4.74 Å². The van der Waals surface area contributed by atoms with E-state index in [1.165, 1.54) is 15.4 Å². The zero-order chi connectivity index (χ0) is 21.4. The highest BCUT2D eigenvalue weighted by molar-refractivity contribution is 5.79. The Kier molecular flexibility index (Phi) is 5.56. The lowest BCUT2D eigenvalue weighted by atomic mass is 10.0. The number of quaternary nitrogens is 2. The van der Waals surface area contributed by atoms with Gasteiger partial charge in [0, 0.05) is 12.1 Å². The number of nitrogens with one attached hydrogen (secondary N) is 3. The first-order valence-corrected chi connectivity index (χ1v) is 11.3. The third-order valence-electron chi connectivity index (χ3n) is 6.71. The molecule has 1 aromatic carbocycles. The molecule has 2 atom stereocenters. The van der Waals surface area contributed by atoms with Gasteiger partial charge in [0.25, 0.3) is 5.56 Å². The zero-order valence-electron chi connectivity index (χ0n) is 18.2. The summed E-state index contributed by atoms with van der Waals surface area (Å²) in [4.78, 5) is 19.2. The van der Waals surface area contributed by atoms with Gasteiger partial charge in [-0.05, 0) is 53.8 Å². The number of aromatic amines is 1. The Morgan fingerprint density at radius 3 is 2.87 bits per heavy atom. The molecule has 2 aromatic heterocycles. The number of tetrazole rings is 1. The molecule has 3 N–H and O–H groups in total. The van der Waals surface area contributed by atoms with Crippen LogP contribution in [0.2, 0.25) is 0 Å². The maximum atomic E-state index is 13.2. The molecule has 5 rings (SSSR count). The molecule has 9 nitrogen and oxygen atoms in total. The summed E-state index contributed by atoms with van der Waals surface area (Å²) in [6.07, 6.45) is 2.22. The van der Waals surface area contributed by atoms with Gasteiger partial charge >= 0.3 is 0 Å². The first-order chi connectivity index (χ1) is 15.1. The number of rotatable bonds is 5. The first-order valence-electron chi connectivity index (χ1n) is 11.3. The second-order valence-corrected chi connectivity index (χ2v) is 9.05. The number of fused-ring (bicyclic) bond motifs is 1. The van der Waals surface area contributed by atoms with Gasteiger partial charge in [0.05, 0.1) is 25.3 Å². The minimum absolute atomic E-state index is 0.0632. The molecular weight excluding hydrogens is 394 g/mol. The van der Waals surface area contributed by atoms with Gasteiger partial charge in [-0.3, -0.25) is 4.79 Å². The molecule has 9 heteroatoms. The molecule has 164 valence electrons. The number of benzene rings is 1. The van der Waals surface area contributed by atoms with Crippen LogP contribution in [0.1, 0.15) is 35.8 Å². The smallest absolute Gasteiger partial charge is 0.258 e. The van der Waals surface area contributed by atoms with Crippen molar-refractivity contribution in [2.45, 2.75) is 38.5 Å². The van der Waals surface area contributed by atoms with Gasteiger partial charge < -0.3 is 19.5 Å². The summed E-state index contributed by atoms with van der Waals surface area (Å²) in [6.45, 7) is 7.54. The number of ether oxygens (including phenoxy) is 1. The van der Waals surface area contributed by atoms with Gasteiger partial charge in [-0.25, -0.2) is 4.68 Å². The van der Waals surface area contributed by atoms with Gasteiger partial charge in [0.1, 0.15) is 26.2 Å². The van der Waals surface area contributed by atoms with Crippen molar-refractivity contribution in [1.29, 1.82) is 0 Å². The summed E-state index contributed by atoms with van der Waals surface area (Å²) in [7, 11) is 2.22. The number of hydrogen-bond donors (Lipinski definition) is 3. The molecule has 2 saturated heterocycles. The zero-order valence-corrected chi connectivity index (χ0v) is 18.2. The molecule has 0 amide bonds. The molecule has 2 aliphatic rings. The third kappa shape index (κ3) is 4.13. The highest BCUT2D eigenvalue weighted by Gasteiger charge is 2.37. The van der Waals surface area contributed by atoms with Gasteiger partial charge in [0.2, 0.25) is 5.82 Å². The molecule has 0 unspecified atom stereocenters. The number of pyridine rings is 1. The summed E-state index contributed by atoms with van der Waals surface area (Å²) in [5, 5.41) is 13.8. The Morgan fingerprint density at radius 2 is 2.10 bits per heavy atom. The van der Waals surface area contributed by atoms with Crippen molar-refractivity contribution in [3.05, 3.63) is 51.6 Å². The van der Waals surface area contributed by atoms with Crippen molar-refractivity contribution < 1.29 is 14.5 Å². The molecular formula is C22H31N7O2+2. The largest absolute Gasteiger partial charge is 0.376 e. The average molecular weight is 426 g/mol. The van der Waals surface area contributed by atoms with Crippen molar-refractivity contribution in [3.63, 3.8) is 0 Å². The van der Waals surface area contributed by atoms with Crippen molar-refractivity contribution in [2.75, 3.05) is 39.8 Å². The van der Waals surface area contributed by atoms with Crippen molar-refractivity contribution >= 4 is 10.9 Å². The lowest BCUT2D eigenvalue weighted by Gasteiger charge is -2.32. The van der Waals surface area contributed by atoms with Crippen LogP contribution in [-0.2, 0) is 11.3 Å². The van der Waals surface area contributed by atoms with Crippen LogP contribution in [0.5, 0.6) is 0 Å². The Balaban J connectivity index is 1.59. The maximum absolute atomic E-state index is 13.2. The molecule has 0 radical (unpaired) electrons. The van der Waals surface area contributed by atoms with E-state index in [9.17, 15) is 4.79 Å².